The Bertz CT molecular complexity index is 471. The number of nitrogens with zero attached hydrogens (tertiary/aromatic N) is 1. The summed E-state index contributed by atoms with van der Waals surface area (Å²) in [5, 5.41) is 3.40. The normalized spacial score (nSPS) is 27.2. The Kier molecular flexibility index (Phi) is 4.08. The van der Waals surface area contributed by atoms with Gasteiger partial charge in [0.25, 0.3) is 0 Å². The lowest BCUT2D eigenvalue weighted by molar-refractivity contribution is -0.00523. The molecule has 1 aromatic rings. The molecule has 2 fully saturated rings. The van der Waals surface area contributed by atoms with Gasteiger partial charge in [0.2, 0.25) is 0 Å². The molecule has 2 saturated heterocycles. The Labute approximate surface area is 123 Å². The first-order valence-corrected chi connectivity index (χ1v) is 8.31. The number of ether oxygens (including phenoxy) is 1. The summed E-state index contributed by atoms with van der Waals surface area (Å²) in [5.41, 5.74) is 1.83. The van der Waals surface area contributed by atoms with Crippen LogP contribution in [-0.4, -0.2) is 42.8 Å². The second-order valence-electron chi connectivity index (χ2n) is 5.74. The van der Waals surface area contributed by atoms with Gasteiger partial charge in [0.05, 0.1) is 12.2 Å². The van der Waals surface area contributed by atoms with Gasteiger partial charge in [0.1, 0.15) is 5.82 Å². The molecular formula is C15H21FN2OS. The van der Waals surface area contributed by atoms with Crippen molar-refractivity contribution < 1.29 is 9.13 Å². The predicted octanol–water partition coefficient (Wildman–Crippen LogP) is 2.97. The number of thioether (sulfide) groups is 1. The minimum absolute atomic E-state index is 0.177. The highest BCUT2D eigenvalue weighted by molar-refractivity contribution is 8.00. The number of hydrogen-bond donors (Lipinski definition) is 1. The standard InChI is InChI=1S/C15H21FN2OS/c1-10-6-18(7-11(2)19-10)15-4-12(16)3-13(5-15)17-14-8-20-9-14/h3-5,10-11,14,17H,6-9H2,1-2H3/t10-,11+. The summed E-state index contributed by atoms with van der Waals surface area (Å²) in [6, 6.07) is 5.74. The van der Waals surface area contributed by atoms with Crippen LogP contribution in [0, 0.1) is 5.82 Å². The molecule has 2 atom stereocenters. The lowest BCUT2D eigenvalue weighted by Gasteiger charge is -2.37. The molecule has 0 amide bonds. The number of anilines is 2. The molecule has 0 saturated carbocycles. The zero-order valence-electron chi connectivity index (χ0n) is 11.9. The van der Waals surface area contributed by atoms with Crippen molar-refractivity contribution in [1.29, 1.82) is 0 Å². The molecule has 1 aromatic carbocycles. The summed E-state index contributed by atoms with van der Waals surface area (Å²) < 4.78 is 19.6. The molecule has 0 spiro atoms. The summed E-state index contributed by atoms with van der Waals surface area (Å²) in [4.78, 5) is 2.21. The second-order valence-corrected chi connectivity index (χ2v) is 6.81. The van der Waals surface area contributed by atoms with Crippen molar-refractivity contribution in [2.75, 3.05) is 34.8 Å². The van der Waals surface area contributed by atoms with E-state index in [-0.39, 0.29) is 18.0 Å². The van der Waals surface area contributed by atoms with Crippen LogP contribution in [0.3, 0.4) is 0 Å². The van der Waals surface area contributed by atoms with Gasteiger partial charge in [-0.15, -0.1) is 0 Å². The van der Waals surface area contributed by atoms with Crippen molar-refractivity contribution in [2.45, 2.75) is 32.1 Å². The van der Waals surface area contributed by atoms with E-state index >= 15 is 0 Å². The van der Waals surface area contributed by atoms with Crippen LogP contribution in [0.2, 0.25) is 0 Å². The van der Waals surface area contributed by atoms with Gasteiger partial charge in [-0.1, -0.05) is 0 Å². The zero-order valence-corrected chi connectivity index (χ0v) is 12.8. The maximum atomic E-state index is 13.8. The van der Waals surface area contributed by atoms with Crippen molar-refractivity contribution in [2.24, 2.45) is 0 Å². The van der Waals surface area contributed by atoms with E-state index in [0.29, 0.717) is 6.04 Å². The molecule has 110 valence electrons. The average molecular weight is 296 g/mol. The van der Waals surface area contributed by atoms with Gasteiger partial charge < -0.3 is 15.0 Å². The number of nitrogens with one attached hydrogen (secondary N) is 1. The maximum absolute atomic E-state index is 13.8. The topological polar surface area (TPSA) is 24.5 Å². The molecule has 0 aliphatic carbocycles. The Morgan fingerprint density at radius 3 is 2.50 bits per heavy atom. The van der Waals surface area contributed by atoms with Gasteiger partial charge in [-0.2, -0.15) is 11.8 Å². The first-order valence-electron chi connectivity index (χ1n) is 7.15. The van der Waals surface area contributed by atoms with E-state index in [1.165, 1.54) is 0 Å². The van der Waals surface area contributed by atoms with E-state index in [4.69, 9.17) is 4.74 Å². The van der Waals surface area contributed by atoms with Crippen molar-refractivity contribution in [3.05, 3.63) is 24.0 Å². The Morgan fingerprint density at radius 2 is 1.90 bits per heavy atom. The molecule has 20 heavy (non-hydrogen) atoms. The summed E-state index contributed by atoms with van der Waals surface area (Å²) >= 11 is 1.92. The molecule has 0 aromatic heterocycles. The minimum Gasteiger partial charge on any atom is -0.381 e. The predicted molar refractivity (Wildman–Crippen MR) is 83.4 cm³/mol. The Hall–Kier alpha value is -0.940. The van der Waals surface area contributed by atoms with Gasteiger partial charge in [0, 0.05) is 42.0 Å². The van der Waals surface area contributed by atoms with Crippen LogP contribution >= 0.6 is 11.8 Å². The highest BCUT2D eigenvalue weighted by Gasteiger charge is 2.23. The van der Waals surface area contributed by atoms with Gasteiger partial charge in [-0.25, -0.2) is 4.39 Å². The van der Waals surface area contributed by atoms with Crippen LogP contribution in [0.5, 0.6) is 0 Å². The van der Waals surface area contributed by atoms with E-state index in [2.05, 4.69) is 30.1 Å². The smallest absolute Gasteiger partial charge is 0.127 e. The number of hydrogen-bond acceptors (Lipinski definition) is 4. The first-order chi connectivity index (χ1) is 9.60. The van der Waals surface area contributed by atoms with Crippen molar-refractivity contribution in [3.8, 4) is 0 Å². The summed E-state index contributed by atoms with van der Waals surface area (Å²) in [5.74, 6) is 2.04. The molecule has 0 bridgehead atoms. The van der Waals surface area contributed by atoms with E-state index in [1.807, 2.05) is 11.8 Å². The fourth-order valence-corrected chi connectivity index (χ4v) is 3.42. The second kappa shape index (κ2) is 5.82. The van der Waals surface area contributed by atoms with Crippen LogP contribution in [0.1, 0.15) is 13.8 Å². The summed E-state index contributed by atoms with van der Waals surface area (Å²) in [6.45, 7) is 5.75. The lowest BCUT2D eigenvalue weighted by Crippen LogP contribution is -2.45. The number of benzene rings is 1. The molecule has 2 aliphatic rings. The highest BCUT2D eigenvalue weighted by atomic mass is 32.2. The van der Waals surface area contributed by atoms with Crippen molar-refractivity contribution in [3.63, 3.8) is 0 Å². The summed E-state index contributed by atoms with van der Waals surface area (Å²) in [7, 11) is 0. The number of rotatable bonds is 3. The molecule has 0 radical (unpaired) electrons. The highest BCUT2D eigenvalue weighted by Crippen LogP contribution is 2.28. The molecule has 0 unspecified atom stereocenters. The minimum atomic E-state index is -0.177. The van der Waals surface area contributed by atoms with Gasteiger partial charge >= 0.3 is 0 Å². The molecule has 1 N–H and O–H groups in total. The quantitative estimate of drug-likeness (QED) is 0.927. The molecule has 3 nitrogen and oxygen atoms in total. The zero-order chi connectivity index (χ0) is 14.1. The van der Waals surface area contributed by atoms with Crippen molar-refractivity contribution >= 4 is 23.1 Å². The largest absolute Gasteiger partial charge is 0.381 e. The first kappa shape index (κ1) is 14.0. The molecule has 2 aliphatic heterocycles. The van der Waals surface area contributed by atoms with Crippen LogP contribution in [0.25, 0.3) is 0 Å². The van der Waals surface area contributed by atoms with E-state index in [0.717, 1.165) is 36.0 Å². The molecule has 3 rings (SSSR count). The van der Waals surface area contributed by atoms with Crippen molar-refractivity contribution in [1.82, 2.24) is 0 Å². The Morgan fingerprint density at radius 1 is 1.20 bits per heavy atom. The van der Waals surface area contributed by atoms with Gasteiger partial charge in [-0.3, -0.25) is 0 Å². The SMILES string of the molecule is C[C@@H]1CN(c2cc(F)cc(NC3CSC3)c2)C[C@H](C)O1. The average Bonchev–Trinajstić information content (AvgIpc) is 2.32. The third-order valence-corrected chi connectivity index (χ3v) is 4.95. The molecule has 5 heteroatoms. The molecule has 2 heterocycles. The number of morpholine rings is 1. The number of halogens is 1. The Balaban J connectivity index is 1.77. The molecular weight excluding hydrogens is 275 g/mol. The fraction of sp³-hybridized carbons (Fsp3) is 0.600. The van der Waals surface area contributed by atoms with Crippen LogP contribution in [0.15, 0.2) is 18.2 Å². The van der Waals surface area contributed by atoms with E-state index in [9.17, 15) is 4.39 Å². The van der Waals surface area contributed by atoms with E-state index < -0.39 is 0 Å². The van der Waals surface area contributed by atoms with E-state index in [1.54, 1.807) is 12.1 Å². The van der Waals surface area contributed by atoms with Gasteiger partial charge in [-0.05, 0) is 32.0 Å². The van der Waals surface area contributed by atoms with Gasteiger partial charge in [0.15, 0.2) is 0 Å². The third kappa shape index (κ3) is 3.20. The van der Waals surface area contributed by atoms with Crippen LogP contribution in [-0.2, 0) is 4.74 Å². The lowest BCUT2D eigenvalue weighted by atomic mass is 10.1. The van der Waals surface area contributed by atoms with Crippen LogP contribution in [0.4, 0.5) is 15.8 Å². The third-order valence-electron chi connectivity index (χ3n) is 3.68. The fourth-order valence-electron chi connectivity index (χ4n) is 2.78. The summed E-state index contributed by atoms with van der Waals surface area (Å²) in [6.07, 6.45) is 0.364. The van der Waals surface area contributed by atoms with Crippen LogP contribution < -0.4 is 10.2 Å². The maximum Gasteiger partial charge on any atom is 0.127 e. The monoisotopic (exact) mass is 296 g/mol.